The highest BCUT2D eigenvalue weighted by atomic mass is 35.5. The van der Waals surface area contributed by atoms with Crippen molar-refractivity contribution in [2.45, 2.75) is 31.5 Å². The summed E-state index contributed by atoms with van der Waals surface area (Å²) in [5, 5.41) is 11.2. The summed E-state index contributed by atoms with van der Waals surface area (Å²) in [6.45, 7) is 3.07. The summed E-state index contributed by atoms with van der Waals surface area (Å²) in [6, 6.07) is 11.5. The smallest absolute Gasteiger partial charge is 0.422 e. The van der Waals surface area contributed by atoms with Crippen molar-refractivity contribution in [3.63, 3.8) is 0 Å². The van der Waals surface area contributed by atoms with Gasteiger partial charge in [-0.05, 0) is 47.9 Å². The first kappa shape index (κ1) is 26.8. The number of aromatic nitrogens is 1. The maximum absolute atomic E-state index is 14.2. The summed E-state index contributed by atoms with van der Waals surface area (Å²) in [5.74, 6) is -1.97. The van der Waals surface area contributed by atoms with Gasteiger partial charge in [-0.1, -0.05) is 48.3 Å². The Morgan fingerprint density at radius 3 is 2.26 bits per heavy atom. The van der Waals surface area contributed by atoms with E-state index in [4.69, 9.17) is 32.7 Å². The standard InChI is InChI=1S/C25H22Cl2F3NO4/c1-4-35-23(32)19-11-15(6-9-20(19)26)16-5-8-18(21(27)12-16)14(2)24(33,25(28,29)30)17-7-10-22(34-3)31-13-17/h5-14,33H,4H2,1-3H3/t14-,24-/m0/s1. The van der Waals surface area contributed by atoms with Gasteiger partial charge in [-0.2, -0.15) is 13.2 Å². The molecule has 186 valence electrons. The molecule has 1 heterocycles. The lowest BCUT2D eigenvalue weighted by atomic mass is 9.78. The topological polar surface area (TPSA) is 68.7 Å². The molecule has 0 saturated carbocycles. The van der Waals surface area contributed by atoms with Crippen LogP contribution in [0, 0.1) is 0 Å². The van der Waals surface area contributed by atoms with Crippen molar-refractivity contribution in [2.75, 3.05) is 13.7 Å². The van der Waals surface area contributed by atoms with E-state index >= 15 is 0 Å². The van der Waals surface area contributed by atoms with Gasteiger partial charge in [-0.3, -0.25) is 0 Å². The first-order valence-electron chi connectivity index (χ1n) is 10.5. The summed E-state index contributed by atoms with van der Waals surface area (Å²) in [5.41, 5.74) is -2.40. The van der Waals surface area contributed by atoms with Crippen LogP contribution in [0.5, 0.6) is 5.88 Å². The zero-order valence-corrected chi connectivity index (χ0v) is 20.5. The monoisotopic (exact) mass is 527 g/mol. The fourth-order valence-corrected chi connectivity index (χ4v) is 4.28. The number of carbonyl (C=O) groups is 1. The van der Waals surface area contributed by atoms with Crippen LogP contribution in [0.3, 0.4) is 0 Å². The number of hydrogen-bond donors (Lipinski definition) is 1. The third-order valence-electron chi connectivity index (χ3n) is 5.71. The van der Waals surface area contributed by atoms with E-state index in [9.17, 15) is 23.1 Å². The van der Waals surface area contributed by atoms with Crippen LogP contribution < -0.4 is 4.74 Å². The molecule has 1 aromatic heterocycles. The molecule has 2 atom stereocenters. The predicted molar refractivity (Wildman–Crippen MR) is 127 cm³/mol. The number of methoxy groups -OCH3 is 1. The molecule has 0 fully saturated rings. The summed E-state index contributed by atoms with van der Waals surface area (Å²) in [7, 11) is 1.33. The number of pyridine rings is 1. The molecule has 5 nitrogen and oxygen atoms in total. The van der Waals surface area contributed by atoms with Crippen LogP contribution in [-0.4, -0.2) is 36.0 Å². The van der Waals surface area contributed by atoms with Crippen LogP contribution in [0.25, 0.3) is 11.1 Å². The van der Waals surface area contributed by atoms with E-state index < -0.39 is 29.2 Å². The Labute approximate surface area is 210 Å². The molecule has 10 heteroatoms. The first-order chi connectivity index (χ1) is 16.4. The summed E-state index contributed by atoms with van der Waals surface area (Å²) >= 11 is 12.5. The minimum Gasteiger partial charge on any atom is -0.481 e. The maximum Gasteiger partial charge on any atom is 0.422 e. The highest BCUT2D eigenvalue weighted by molar-refractivity contribution is 6.33. The van der Waals surface area contributed by atoms with Gasteiger partial charge in [-0.15, -0.1) is 0 Å². The molecule has 0 aliphatic carbocycles. The summed E-state index contributed by atoms with van der Waals surface area (Å²) in [6.07, 6.45) is -4.11. The van der Waals surface area contributed by atoms with E-state index in [0.717, 1.165) is 12.3 Å². The third-order valence-corrected chi connectivity index (χ3v) is 6.36. The molecule has 0 bridgehead atoms. The van der Waals surface area contributed by atoms with E-state index in [1.165, 1.54) is 44.4 Å². The number of aliphatic hydroxyl groups is 1. The Balaban J connectivity index is 2.03. The van der Waals surface area contributed by atoms with Crippen molar-refractivity contribution in [2.24, 2.45) is 0 Å². The fourth-order valence-electron chi connectivity index (χ4n) is 3.74. The fraction of sp³-hybridized carbons (Fsp3) is 0.280. The molecule has 0 saturated heterocycles. The third kappa shape index (κ3) is 5.24. The molecule has 3 rings (SSSR count). The van der Waals surface area contributed by atoms with E-state index in [-0.39, 0.29) is 33.7 Å². The number of benzene rings is 2. The summed E-state index contributed by atoms with van der Waals surface area (Å²) in [4.78, 5) is 16.0. The van der Waals surface area contributed by atoms with Gasteiger partial charge >= 0.3 is 12.1 Å². The number of nitrogens with zero attached hydrogens (tertiary/aromatic N) is 1. The number of rotatable bonds is 7. The number of ether oxygens (including phenoxy) is 2. The molecule has 35 heavy (non-hydrogen) atoms. The number of esters is 1. The highest BCUT2D eigenvalue weighted by Crippen LogP contribution is 2.50. The Hall–Kier alpha value is -2.81. The van der Waals surface area contributed by atoms with Crippen molar-refractivity contribution in [1.29, 1.82) is 0 Å². The van der Waals surface area contributed by atoms with Crippen LogP contribution in [-0.2, 0) is 10.3 Å². The first-order valence-corrected chi connectivity index (χ1v) is 11.3. The van der Waals surface area contributed by atoms with E-state index in [1.54, 1.807) is 19.1 Å². The zero-order chi connectivity index (χ0) is 26.0. The number of halogens is 5. The average molecular weight is 528 g/mol. The second kappa shape index (κ2) is 10.4. The van der Waals surface area contributed by atoms with Crippen molar-refractivity contribution >= 4 is 29.2 Å². The molecular weight excluding hydrogens is 506 g/mol. The Morgan fingerprint density at radius 1 is 1.06 bits per heavy atom. The molecule has 0 spiro atoms. The molecule has 2 aromatic carbocycles. The van der Waals surface area contributed by atoms with E-state index in [1.807, 2.05) is 0 Å². The lowest BCUT2D eigenvalue weighted by Crippen LogP contribution is -2.46. The SMILES string of the molecule is CCOC(=O)c1cc(-c2ccc([C@H](C)[C@](O)(c3ccc(OC)nc3)C(F)(F)F)c(Cl)c2)ccc1Cl. The van der Waals surface area contributed by atoms with Crippen molar-refractivity contribution in [1.82, 2.24) is 4.98 Å². The van der Waals surface area contributed by atoms with Crippen molar-refractivity contribution < 1.29 is 32.5 Å². The van der Waals surface area contributed by atoms with Gasteiger partial charge in [0.1, 0.15) is 0 Å². The molecule has 0 radical (unpaired) electrons. The molecular formula is C25H22Cl2F3NO4. The number of alkyl halides is 3. The average Bonchev–Trinajstić information content (AvgIpc) is 2.82. The minimum atomic E-state index is -5.03. The molecule has 0 aliphatic heterocycles. The van der Waals surface area contributed by atoms with Gasteiger partial charge in [-0.25, -0.2) is 9.78 Å². The van der Waals surface area contributed by atoms with Gasteiger partial charge < -0.3 is 14.6 Å². The Bertz CT molecular complexity index is 1220. The molecule has 1 N–H and O–H groups in total. The minimum absolute atomic E-state index is 0.00628. The molecule has 3 aromatic rings. The molecule has 0 unspecified atom stereocenters. The lowest BCUT2D eigenvalue weighted by molar-refractivity contribution is -0.274. The highest BCUT2D eigenvalue weighted by Gasteiger charge is 2.59. The van der Waals surface area contributed by atoms with Crippen LogP contribution in [0.4, 0.5) is 13.2 Å². The van der Waals surface area contributed by atoms with E-state index in [2.05, 4.69) is 4.98 Å². The maximum atomic E-state index is 14.2. The van der Waals surface area contributed by atoms with Gasteiger partial charge in [0.15, 0.2) is 5.60 Å². The van der Waals surface area contributed by atoms with Crippen LogP contribution in [0.2, 0.25) is 10.0 Å². The van der Waals surface area contributed by atoms with Crippen LogP contribution in [0.15, 0.2) is 54.7 Å². The number of hydrogen-bond acceptors (Lipinski definition) is 5. The van der Waals surface area contributed by atoms with Crippen molar-refractivity contribution in [3.8, 4) is 17.0 Å². The zero-order valence-electron chi connectivity index (χ0n) is 19.0. The number of carbonyl (C=O) groups excluding carboxylic acids is 1. The second-order valence-corrected chi connectivity index (χ2v) is 8.54. The quantitative estimate of drug-likeness (QED) is 0.342. The molecule has 0 amide bonds. The Morgan fingerprint density at radius 2 is 1.71 bits per heavy atom. The van der Waals surface area contributed by atoms with Crippen LogP contribution in [0.1, 0.15) is 41.3 Å². The van der Waals surface area contributed by atoms with Crippen LogP contribution >= 0.6 is 23.2 Å². The second-order valence-electron chi connectivity index (χ2n) is 7.73. The Kier molecular flexibility index (Phi) is 7.99. The molecule has 0 aliphatic rings. The lowest BCUT2D eigenvalue weighted by Gasteiger charge is -2.36. The summed E-state index contributed by atoms with van der Waals surface area (Å²) < 4.78 is 52.5. The van der Waals surface area contributed by atoms with Crippen molar-refractivity contribution in [3.05, 3.63) is 81.5 Å². The van der Waals surface area contributed by atoms with Gasteiger partial charge in [0.2, 0.25) is 5.88 Å². The van der Waals surface area contributed by atoms with E-state index in [0.29, 0.717) is 11.1 Å². The normalized spacial score (nSPS) is 14.2. The largest absolute Gasteiger partial charge is 0.481 e. The predicted octanol–water partition coefficient (Wildman–Crippen LogP) is 6.79. The van der Waals surface area contributed by atoms with Gasteiger partial charge in [0.05, 0.1) is 24.3 Å². The van der Waals surface area contributed by atoms with Gasteiger partial charge in [0, 0.05) is 28.8 Å². The van der Waals surface area contributed by atoms with Gasteiger partial charge in [0.25, 0.3) is 0 Å².